The van der Waals surface area contributed by atoms with E-state index >= 15 is 0 Å². The minimum absolute atomic E-state index is 0.0155. The van der Waals surface area contributed by atoms with E-state index in [0.717, 1.165) is 19.3 Å². The van der Waals surface area contributed by atoms with Crippen LogP contribution in [0.1, 0.15) is 57.7 Å². The van der Waals surface area contributed by atoms with Gasteiger partial charge in [0.15, 0.2) is 0 Å². The first-order chi connectivity index (χ1) is 12.8. The molecule has 0 aliphatic heterocycles. The number of H-pyrrole nitrogens is 1. The molecule has 3 aliphatic rings. The van der Waals surface area contributed by atoms with Gasteiger partial charge in [-0.25, -0.2) is 0 Å². The monoisotopic (exact) mass is 372 g/mol. The first-order valence-corrected chi connectivity index (χ1v) is 10.7. The molecule has 0 radical (unpaired) electrons. The molecule has 1 heterocycles. The molecular weight excluding hydrogens is 336 g/mol. The second kappa shape index (κ2) is 6.73. The standard InChI is InChI=1S/C23H36N2O2/c1-14(2)18-5-6-19-17(13-27)20(7-8-22(18,19)3)23(4)10-15-11-24-25-21(15)9-16(23)12-26/h11,16-20,26-27H,1,5-10,12-13H2,2-4H3,(H,24,25). The molecule has 150 valence electrons. The van der Waals surface area contributed by atoms with E-state index in [1.54, 1.807) is 0 Å². The first-order valence-electron chi connectivity index (χ1n) is 10.7. The molecule has 7 unspecified atom stereocenters. The van der Waals surface area contributed by atoms with Gasteiger partial charge in [-0.05, 0) is 91.4 Å². The second-order valence-corrected chi connectivity index (χ2v) is 10.2. The summed E-state index contributed by atoms with van der Waals surface area (Å²) >= 11 is 0. The molecule has 4 heteroatoms. The van der Waals surface area contributed by atoms with Crippen molar-refractivity contribution in [3.63, 3.8) is 0 Å². The van der Waals surface area contributed by atoms with E-state index in [9.17, 15) is 10.2 Å². The van der Waals surface area contributed by atoms with Crippen molar-refractivity contribution < 1.29 is 10.2 Å². The van der Waals surface area contributed by atoms with Gasteiger partial charge < -0.3 is 10.2 Å². The summed E-state index contributed by atoms with van der Waals surface area (Å²) in [5.74, 6) is 2.15. The average Bonchev–Trinajstić information content (AvgIpc) is 3.22. The van der Waals surface area contributed by atoms with Crippen molar-refractivity contribution in [2.45, 2.75) is 59.3 Å². The van der Waals surface area contributed by atoms with Crippen LogP contribution in [0, 0.1) is 40.4 Å². The van der Waals surface area contributed by atoms with Crippen molar-refractivity contribution in [1.82, 2.24) is 10.2 Å². The fourth-order valence-corrected chi connectivity index (χ4v) is 7.58. The highest BCUT2D eigenvalue weighted by Crippen LogP contribution is 2.64. The van der Waals surface area contributed by atoms with Crippen LogP contribution < -0.4 is 0 Å². The van der Waals surface area contributed by atoms with E-state index in [1.807, 2.05) is 6.20 Å². The number of aromatic nitrogens is 2. The molecular formula is C23H36N2O2. The van der Waals surface area contributed by atoms with E-state index in [2.05, 4.69) is 37.5 Å². The average molecular weight is 373 g/mol. The van der Waals surface area contributed by atoms with Crippen molar-refractivity contribution in [2.75, 3.05) is 13.2 Å². The Bertz CT molecular complexity index is 713. The summed E-state index contributed by atoms with van der Waals surface area (Å²) in [6.45, 7) is 11.8. The Balaban J connectivity index is 1.67. The Morgan fingerprint density at radius 3 is 2.59 bits per heavy atom. The maximum Gasteiger partial charge on any atom is 0.0522 e. The van der Waals surface area contributed by atoms with Gasteiger partial charge in [-0.3, -0.25) is 5.10 Å². The van der Waals surface area contributed by atoms with E-state index in [-0.39, 0.29) is 30.0 Å². The predicted octanol–water partition coefficient (Wildman–Crippen LogP) is 3.75. The summed E-state index contributed by atoms with van der Waals surface area (Å²) in [7, 11) is 0. The van der Waals surface area contributed by atoms with E-state index in [0.29, 0.717) is 23.7 Å². The van der Waals surface area contributed by atoms with Crippen molar-refractivity contribution in [3.05, 3.63) is 29.6 Å². The molecule has 4 rings (SSSR count). The maximum absolute atomic E-state index is 10.5. The summed E-state index contributed by atoms with van der Waals surface area (Å²) in [6, 6.07) is 0. The van der Waals surface area contributed by atoms with E-state index in [4.69, 9.17) is 0 Å². The molecule has 0 bridgehead atoms. The third-order valence-corrected chi connectivity index (χ3v) is 9.07. The Morgan fingerprint density at radius 1 is 1.19 bits per heavy atom. The number of aliphatic hydroxyl groups is 2. The van der Waals surface area contributed by atoms with Crippen LogP contribution in [0.25, 0.3) is 0 Å². The van der Waals surface area contributed by atoms with Gasteiger partial charge >= 0.3 is 0 Å². The highest BCUT2D eigenvalue weighted by atomic mass is 16.3. The minimum atomic E-state index is 0.0155. The molecule has 0 aromatic carbocycles. The Hall–Kier alpha value is -1.13. The Morgan fingerprint density at radius 2 is 1.93 bits per heavy atom. The molecule has 3 N–H and O–H groups in total. The number of fused-ring (bicyclic) bond motifs is 2. The lowest BCUT2D eigenvalue weighted by Gasteiger charge is -2.56. The Labute approximate surface area is 163 Å². The summed E-state index contributed by atoms with van der Waals surface area (Å²) in [5, 5.41) is 28.1. The lowest BCUT2D eigenvalue weighted by Crippen LogP contribution is -2.53. The number of hydrogen-bond acceptors (Lipinski definition) is 3. The molecule has 0 saturated heterocycles. The molecule has 27 heavy (non-hydrogen) atoms. The fourth-order valence-electron chi connectivity index (χ4n) is 7.58. The molecule has 4 nitrogen and oxygen atoms in total. The number of allylic oxidation sites excluding steroid dienone is 1. The number of aliphatic hydroxyl groups excluding tert-OH is 2. The minimum Gasteiger partial charge on any atom is -0.396 e. The van der Waals surface area contributed by atoms with Crippen LogP contribution >= 0.6 is 0 Å². The van der Waals surface area contributed by atoms with Crippen LogP contribution in [0.4, 0.5) is 0 Å². The zero-order chi connectivity index (χ0) is 19.4. The molecule has 3 aliphatic carbocycles. The smallest absolute Gasteiger partial charge is 0.0522 e. The normalized spacial score (nSPS) is 44.0. The number of hydrogen-bond donors (Lipinski definition) is 3. The largest absolute Gasteiger partial charge is 0.396 e. The molecule has 1 aromatic heterocycles. The van der Waals surface area contributed by atoms with Gasteiger partial charge in [0.05, 0.1) is 6.20 Å². The number of nitrogens with zero attached hydrogens (tertiary/aromatic N) is 1. The maximum atomic E-state index is 10.5. The summed E-state index contributed by atoms with van der Waals surface area (Å²) in [5.41, 5.74) is 4.10. The van der Waals surface area contributed by atoms with Crippen molar-refractivity contribution in [2.24, 2.45) is 40.4 Å². The highest BCUT2D eigenvalue weighted by molar-refractivity contribution is 5.25. The van der Waals surface area contributed by atoms with Gasteiger partial charge in [-0.1, -0.05) is 26.0 Å². The lowest BCUT2D eigenvalue weighted by atomic mass is 9.49. The van der Waals surface area contributed by atoms with Crippen LogP contribution in [0.3, 0.4) is 0 Å². The van der Waals surface area contributed by atoms with Gasteiger partial charge in [0.25, 0.3) is 0 Å². The van der Waals surface area contributed by atoms with Crippen LogP contribution in [-0.2, 0) is 12.8 Å². The van der Waals surface area contributed by atoms with Crippen LogP contribution in [0.2, 0.25) is 0 Å². The van der Waals surface area contributed by atoms with E-state index in [1.165, 1.54) is 36.1 Å². The summed E-state index contributed by atoms with van der Waals surface area (Å²) < 4.78 is 0. The molecule has 2 fully saturated rings. The zero-order valence-electron chi connectivity index (χ0n) is 17.2. The van der Waals surface area contributed by atoms with Gasteiger partial charge in [0, 0.05) is 18.9 Å². The third kappa shape index (κ3) is 2.74. The number of nitrogens with one attached hydrogen (secondary N) is 1. The highest BCUT2D eigenvalue weighted by Gasteiger charge is 2.58. The van der Waals surface area contributed by atoms with Gasteiger partial charge in [-0.2, -0.15) is 5.10 Å². The molecule has 1 aromatic rings. The lowest BCUT2D eigenvalue weighted by molar-refractivity contribution is -0.0865. The van der Waals surface area contributed by atoms with Crippen molar-refractivity contribution >= 4 is 0 Å². The molecule has 2 saturated carbocycles. The van der Waals surface area contributed by atoms with Gasteiger partial charge in [0.2, 0.25) is 0 Å². The summed E-state index contributed by atoms with van der Waals surface area (Å²) in [4.78, 5) is 0. The topological polar surface area (TPSA) is 69.1 Å². The first kappa shape index (κ1) is 19.2. The predicted molar refractivity (Wildman–Crippen MR) is 107 cm³/mol. The van der Waals surface area contributed by atoms with Crippen LogP contribution in [0.15, 0.2) is 18.3 Å². The van der Waals surface area contributed by atoms with Crippen LogP contribution in [-0.4, -0.2) is 33.6 Å². The van der Waals surface area contributed by atoms with Crippen LogP contribution in [0.5, 0.6) is 0 Å². The third-order valence-electron chi connectivity index (χ3n) is 9.07. The molecule has 0 spiro atoms. The molecule has 0 amide bonds. The van der Waals surface area contributed by atoms with Gasteiger partial charge in [-0.15, -0.1) is 0 Å². The van der Waals surface area contributed by atoms with Crippen molar-refractivity contribution in [3.8, 4) is 0 Å². The molecule has 7 atom stereocenters. The second-order valence-electron chi connectivity index (χ2n) is 10.2. The summed E-state index contributed by atoms with van der Waals surface area (Å²) in [6.07, 6.45) is 8.56. The zero-order valence-corrected chi connectivity index (χ0v) is 17.2. The van der Waals surface area contributed by atoms with Gasteiger partial charge in [0.1, 0.15) is 0 Å². The fraction of sp³-hybridized carbons (Fsp3) is 0.783. The number of aromatic amines is 1. The SMILES string of the molecule is C=C(C)C1CCC2C(CO)C(C3(C)Cc4cn[nH]c4CC3CO)CCC12C. The van der Waals surface area contributed by atoms with E-state index < -0.39 is 0 Å². The quantitative estimate of drug-likeness (QED) is 0.705. The number of rotatable bonds is 4. The van der Waals surface area contributed by atoms with Crippen molar-refractivity contribution in [1.29, 1.82) is 0 Å². The Kier molecular flexibility index (Phi) is 4.79.